The molecule has 0 aliphatic carbocycles. The Hall–Kier alpha value is -0.120. The van der Waals surface area contributed by atoms with Gasteiger partial charge in [0.05, 0.1) is 13.2 Å². The van der Waals surface area contributed by atoms with E-state index in [2.05, 4.69) is 17.1 Å². The maximum atomic E-state index is 5.57. The molecule has 2 rings (SSSR count). The van der Waals surface area contributed by atoms with Crippen molar-refractivity contribution in [3.63, 3.8) is 0 Å². The van der Waals surface area contributed by atoms with Gasteiger partial charge in [-0.2, -0.15) is 0 Å². The van der Waals surface area contributed by atoms with E-state index >= 15 is 0 Å². The molecule has 0 radical (unpaired) electrons. The van der Waals surface area contributed by atoms with E-state index in [1.54, 1.807) is 0 Å². The summed E-state index contributed by atoms with van der Waals surface area (Å²) in [6, 6.07) is 0. The standard InChI is InChI=1S/C12H24N2O/c1-11-8-14(5-6-15-10-11)9-12-3-2-4-13-7-12/h11-13H,2-10H2,1H3. The SMILES string of the molecule is CC1COCCN(CC2CCCNC2)C1. The van der Waals surface area contributed by atoms with Gasteiger partial charge in [0, 0.05) is 19.6 Å². The molecule has 1 N–H and O–H groups in total. The van der Waals surface area contributed by atoms with Gasteiger partial charge < -0.3 is 15.0 Å². The third-order valence-electron chi connectivity index (χ3n) is 3.44. The minimum Gasteiger partial charge on any atom is -0.380 e. The summed E-state index contributed by atoms with van der Waals surface area (Å²) < 4.78 is 5.57. The van der Waals surface area contributed by atoms with Crippen LogP contribution < -0.4 is 5.32 Å². The zero-order valence-corrected chi connectivity index (χ0v) is 9.87. The second-order valence-corrected chi connectivity index (χ2v) is 5.15. The highest BCUT2D eigenvalue weighted by molar-refractivity contribution is 4.75. The first-order chi connectivity index (χ1) is 7.34. The first kappa shape index (κ1) is 11.4. The van der Waals surface area contributed by atoms with Crippen molar-refractivity contribution in [2.75, 3.05) is 45.9 Å². The summed E-state index contributed by atoms with van der Waals surface area (Å²) in [7, 11) is 0. The third kappa shape index (κ3) is 3.74. The number of rotatable bonds is 2. The van der Waals surface area contributed by atoms with E-state index in [9.17, 15) is 0 Å². The Balaban J connectivity index is 1.76. The van der Waals surface area contributed by atoms with Gasteiger partial charge >= 0.3 is 0 Å². The van der Waals surface area contributed by atoms with Crippen molar-refractivity contribution in [3.8, 4) is 0 Å². The molecule has 0 aromatic rings. The fourth-order valence-corrected chi connectivity index (χ4v) is 2.67. The summed E-state index contributed by atoms with van der Waals surface area (Å²) in [4.78, 5) is 2.59. The summed E-state index contributed by atoms with van der Waals surface area (Å²) >= 11 is 0. The summed E-state index contributed by atoms with van der Waals surface area (Å²) in [6.07, 6.45) is 2.75. The van der Waals surface area contributed by atoms with Crippen molar-refractivity contribution >= 4 is 0 Å². The molecule has 2 saturated heterocycles. The average molecular weight is 212 g/mol. The largest absolute Gasteiger partial charge is 0.380 e. The maximum absolute atomic E-state index is 5.57. The Morgan fingerprint density at radius 3 is 3.20 bits per heavy atom. The van der Waals surface area contributed by atoms with Gasteiger partial charge in [-0.3, -0.25) is 0 Å². The van der Waals surface area contributed by atoms with Gasteiger partial charge in [0.15, 0.2) is 0 Å². The number of nitrogens with zero attached hydrogens (tertiary/aromatic N) is 1. The molecule has 2 heterocycles. The first-order valence-corrected chi connectivity index (χ1v) is 6.35. The summed E-state index contributed by atoms with van der Waals surface area (Å²) in [5, 5.41) is 3.49. The fourth-order valence-electron chi connectivity index (χ4n) is 2.67. The third-order valence-corrected chi connectivity index (χ3v) is 3.44. The molecule has 0 aromatic carbocycles. The van der Waals surface area contributed by atoms with Gasteiger partial charge in [0.25, 0.3) is 0 Å². The van der Waals surface area contributed by atoms with Crippen LogP contribution in [0.4, 0.5) is 0 Å². The van der Waals surface area contributed by atoms with E-state index in [-0.39, 0.29) is 0 Å². The van der Waals surface area contributed by atoms with Crippen molar-refractivity contribution in [2.24, 2.45) is 11.8 Å². The van der Waals surface area contributed by atoms with Crippen molar-refractivity contribution < 1.29 is 4.74 Å². The molecule has 2 unspecified atom stereocenters. The van der Waals surface area contributed by atoms with Crippen LogP contribution >= 0.6 is 0 Å². The van der Waals surface area contributed by atoms with Crippen molar-refractivity contribution in [3.05, 3.63) is 0 Å². The minimum absolute atomic E-state index is 0.698. The lowest BCUT2D eigenvalue weighted by molar-refractivity contribution is 0.124. The van der Waals surface area contributed by atoms with Crippen LogP contribution in [0.15, 0.2) is 0 Å². The molecule has 3 heteroatoms. The monoisotopic (exact) mass is 212 g/mol. The highest BCUT2D eigenvalue weighted by atomic mass is 16.5. The Morgan fingerprint density at radius 2 is 2.40 bits per heavy atom. The number of ether oxygens (including phenoxy) is 1. The van der Waals surface area contributed by atoms with Gasteiger partial charge in [-0.05, 0) is 37.8 Å². The molecule has 88 valence electrons. The molecule has 2 fully saturated rings. The van der Waals surface area contributed by atoms with Crippen molar-refractivity contribution in [1.29, 1.82) is 0 Å². The molecule has 2 aliphatic heterocycles. The van der Waals surface area contributed by atoms with Crippen LogP contribution in [-0.2, 0) is 4.74 Å². The van der Waals surface area contributed by atoms with Crippen LogP contribution in [-0.4, -0.2) is 50.8 Å². The van der Waals surface area contributed by atoms with Gasteiger partial charge in [-0.1, -0.05) is 6.92 Å². The number of piperidine rings is 1. The lowest BCUT2D eigenvalue weighted by Gasteiger charge is -2.29. The average Bonchev–Trinajstić information content (AvgIpc) is 2.44. The van der Waals surface area contributed by atoms with E-state index in [0.717, 1.165) is 25.7 Å². The molecule has 15 heavy (non-hydrogen) atoms. The first-order valence-electron chi connectivity index (χ1n) is 6.35. The zero-order chi connectivity index (χ0) is 10.5. The summed E-state index contributed by atoms with van der Waals surface area (Å²) in [5.74, 6) is 1.56. The molecule has 0 aromatic heterocycles. The van der Waals surface area contributed by atoms with E-state index in [4.69, 9.17) is 4.74 Å². The normalized spacial score (nSPS) is 35.0. The fraction of sp³-hybridized carbons (Fsp3) is 1.00. The van der Waals surface area contributed by atoms with Gasteiger partial charge in [-0.25, -0.2) is 0 Å². The summed E-state index contributed by atoms with van der Waals surface area (Å²) in [6.45, 7) is 10.2. The topological polar surface area (TPSA) is 24.5 Å². The van der Waals surface area contributed by atoms with Crippen LogP contribution in [0.2, 0.25) is 0 Å². The molecule has 0 spiro atoms. The van der Waals surface area contributed by atoms with Crippen LogP contribution in [0.5, 0.6) is 0 Å². The number of hydrogen-bond donors (Lipinski definition) is 1. The smallest absolute Gasteiger partial charge is 0.0593 e. The molecule has 0 amide bonds. The van der Waals surface area contributed by atoms with Gasteiger partial charge in [0.1, 0.15) is 0 Å². The lowest BCUT2D eigenvalue weighted by Crippen LogP contribution is -2.40. The Labute approximate surface area is 93.2 Å². The second kappa shape index (κ2) is 5.83. The van der Waals surface area contributed by atoms with E-state index in [1.165, 1.54) is 39.0 Å². The number of hydrogen-bond acceptors (Lipinski definition) is 3. The van der Waals surface area contributed by atoms with Crippen LogP contribution in [0.3, 0.4) is 0 Å². The minimum atomic E-state index is 0.698. The molecule has 0 bridgehead atoms. The maximum Gasteiger partial charge on any atom is 0.0593 e. The highest BCUT2D eigenvalue weighted by Gasteiger charge is 2.20. The molecule has 2 atom stereocenters. The van der Waals surface area contributed by atoms with Crippen LogP contribution in [0.1, 0.15) is 19.8 Å². The predicted octanol–water partition coefficient (Wildman–Crippen LogP) is 0.954. The molecule has 3 nitrogen and oxygen atoms in total. The van der Waals surface area contributed by atoms with Gasteiger partial charge in [0.2, 0.25) is 0 Å². The quantitative estimate of drug-likeness (QED) is 0.738. The second-order valence-electron chi connectivity index (χ2n) is 5.15. The van der Waals surface area contributed by atoms with Gasteiger partial charge in [-0.15, -0.1) is 0 Å². The molecule has 0 saturated carbocycles. The molecular weight excluding hydrogens is 188 g/mol. The van der Waals surface area contributed by atoms with Crippen LogP contribution in [0, 0.1) is 11.8 Å². The Morgan fingerprint density at radius 1 is 1.47 bits per heavy atom. The van der Waals surface area contributed by atoms with Crippen molar-refractivity contribution in [1.82, 2.24) is 10.2 Å². The molecule has 2 aliphatic rings. The van der Waals surface area contributed by atoms with E-state index in [1.807, 2.05) is 0 Å². The van der Waals surface area contributed by atoms with E-state index < -0.39 is 0 Å². The summed E-state index contributed by atoms with van der Waals surface area (Å²) in [5.41, 5.74) is 0. The zero-order valence-electron chi connectivity index (χ0n) is 9.87. The Kier molecular flexibility index (Phi) is 4.42. The number of nitrogens with one attached hydrogen (secondary N) is 1. The lowest BCUT2D eigenvalue weighted by atomic mass is 9.98. The van der Waals surface area contributed by atoms with Crippen LogP contribution in [0.25, 0.3) is 0 Å². The van der Waals surface area contributed by atoms with E-state index in [0.29, 0.717) is 5.92 Å². The predicted molar refractivity (Wildman–Crippen MR) is 62.0 cm³/mol. The Bertz CT molecular complexity index is 180. The molecular formula is C12H24N2O. The highest BCUT2D eigenvalue weighted by Crippen LogP contribution is 2.14. The van der Waals surface area contributed by atoms with Crippen molar-refractivity contribution in [2.45, 2.75) is 19.8 Å².